The molecule has 0 bridgehead atoms. The molecule has 0 atom stereocenters. The molecule has 1 N–H and O–H groups in total. The van der Waals surface area contributed by atoms with Crippen LogP contribution in [0.1, 0.15) is 25.3 Å². The predicted molar refractivity (Wildman–Crippen MR) is 76.6 cm³/mol. The normalized spacial score (nSPS) is 14.1. The predicted octanol–water partition coefficient (Wildman–Crippen LogP) is 2.43. The number of ether oxygens (including phenoxy) is 1. The minimum atomic E-state index is 0.181. The first kappa shape index (κ1) is 13.7. The van der Waals surface area contributed by atoms with E-state index in [9.17, 15) is 4.79 Å². The lowest BCUT2D eigenvalue weighted by Crippen LogP contribution is -2.37. The number of hydrogen-bond donors (Lipinski definition) is 1. The molecular weight excluding hydrogens is 240 g/mol. The Morgan fingerprint density at radius 2 is 2.21 bits per heavy atom. The summed E-state index contributed by atoms with van der Waals surface area (Å²) in [4.78, 5) is 14.1. The first-order valence-corrected chi connectivity index (χ1v) is 6.83. The van der Waals surface area contributed by atoms with Crippen LogP contribution in [-0.2, 0) is 4.79 Å². The Morgan fingerprint density at radius 1 is 1.47 bits per heavy atom. The van der Waals surface area contributed by atoms with E-state index < -0.39 is 0 Å². The van der Waals surface area contributed by atoms with Crippen molar-refractivity contribution in [3.63, 3.8) is 0 Å². The number of amides is 1. The molecule has 1 aliphatic rings. The van der Waals surface area contributed by atoms with Gasteiger partial charge >= 0.3 is 0 Å². The summed E-state index contributed by atoms with van der Waals surface area (Å²) in [5, 5.41) is 3.21. The van der Waals surface area contributed by atoms with Gasteiger partial charge in [-0.2, -0.15) is 0 Å². The molecule has 1 amide bonds. The molecule has 0 aromatic heterocycles. The summed E-state index contributed by atoms with van der Waals surface area (Å²) < 4.78 is 5.17. The number of hydrogen-bond acceptors (Lipinski definition) is 3. The van der Waals surface area contributed by atoms with Gasteiger partial charge in [0.05, 0.1) is 13.7 Å². The summed E-state index contributed by atoms with van der Waals surface area (Å²) in [6, 6.07) is 6.30. The second-order valence-corrected chi connectivity index (χ2v) is 4.95. The van der Waals surface area contributed by atoms with Gasteiger partial charge in [0.25, 0.3) is 0 Å². The summed E-state index contributed by atoms with van der Waals surface area (Å²) >= 11 is 0. The van der Waals surface area contributed by atoms with E-state index in [0.29, 0.717) is 12.6 Å². The third-order valence-electron chi connectivity index (χ3n) is 3.51. The van der Waals surface area contributed by atoms with E-state index >= 15 is 0 Å². The van der Waals surface area contributed by atoms with Crippen LogP contribution in [0.15, 0.2) is 18.2 Å². The molecule has 0 radical (unpaired) electrons. The zero-order valence-electron chi connectivity index (χ0n) is 11.9. The standard InChI is InChI=1S/C15H22N2O2/c1-4-17(12-5-6-12)15(18)10-16-14-8-7-13(19-3)9-11(14)2/h7-9,12,16H,4-6,10H2,1-3H3. The van der Waals surface area contributed by atoms with Crippen LogP contribution in [0.25, 0.3) is 0 Å². The van der Waals surface area contributed by atoms with Crippen molar-refractivity contribution in [3.05, 3.63) is 23.8 Å². The van der Waals surface area contributed by atoms with Crippen molar-refractivity contribution in [3.8, 4) is 5.75 Å². The van der Waals surface area contributed by atoms with Crippen molar-refractivity contribution in [2.75, 3.05) is 25.5 Å². The molecule has 0 spiro atoms. The highest BCUT2D eigenvalue weighted by Crippen LogP contribution is 2.26. The van der Waals surface area contributed by atoms with Gasteiger partial charge < -0.3 is 15.0 Å². The summed E-state index contributed by atoms with van der Waals surface area (Å²) in [6.45, 7) is 5.20. The van der Waals surface area contributed by atoms with E-state index in [1.54, 1.807) is 7.11 Å². The molecule has 1 fully saturated rings. The Labute approximate surface area is 114 Å². The van der Waals surface area contributed by atoms with Crippen molar-refractivity contribution in [2.45, 2.75) is 32.7 Å². The fourth-order valence-electron chi connectivity index (χ4n) is 2.26. The van der Waals surface area contributed by atoms with Gasteiger partial charge in [0.2, 0.25) is 5.91 Å². The molecule has 4 heteroatoms. The largest absolute Gasteiger partial charge is 0.497 e. The van der Waals surface area contributed by atoms with Gasteiger partial charge in [0, 0.05) is 18.3 Å². The van der Waals surface area contributed by atoms with Gasteiger partial charge in [-0.3, -0.25) is 4.79 Å². The molecular formula is C15H22N2O2. The van der Waals surface area contributed by atoms with Crippen LogP contribution in [0, 0.1) is 6.92 Å². The minimum absolute atomic E-state index is 0.181. The topological polar surface area (TPSA) is 41.6 Å². The summed E-state index contributed by atoms with van der Waals surface area (Å²) in [6.07, 6.45) is 2.31. The van der Waals surface area contributed by atoms with Crippen molar-refractivity contribution in [1.82, 2.24) is 4.90 Å². The first-order valence-electron chi connectivity index (χ1n) is 6.83. The van der Waals surface area contributed by atoms with Crippen molar-refractivity contribution in [1.29, 1.82) is 0 Å². The molecule has 0 saturated heterocycles. The van der Waals surface area contributed by atoms with E-state index in [1.165, 1.54) is 0 Å². The summed E-state index contributed by atoms with van der Waals surface area (Å²) in [5.41, 5.74) is 2.07. The number of anilines is 1. The number of likely N-dealkylation sites (N-methyl/N-ethyl adjacent to an activating group) is 1. The molecule has 2 rings (SSSR count). The van der Waals surface area contributed by atoms with E-state index in [4.69, 9.17) is 4.74 Å². The third-order valence-corrected chi connectivity index (χ3v) is 3.51. The number of carbonyl (C=O) groups is 1. The Balaban J connectivity index is 1.92. The molecule has 1 aliphatic carbocycles. The molecule has 4 nitrogen and oxygen atoms in total. The average Bonchev–Trinajstić information content (AvgIpc) is 3.22. The molecule has 0 heterocycles. The quantitative estimate of drug-likeness (QED) is 0.856. The van der Waals surface area contributed by atoms with Crippen LogP contribution in [0.4, 0.5) is 5.69 Å². The van der Waals surface area contributed by atoms with E-state index in [-0.39, 0.29) is 5.91 Å². The number of rotatable bonds is 6. The number of nitrogens with one attached hydrogen (secondary N) is 1. The maximum atomic E-state index is 12.1. The smallest absolute Gasteiger partial charge is 0.242 e. The Bertz CT molecular complexity index is 455. The highest BCUT2D eigenvalue weighted by Gasteiger charge is 2.30. The van der Waals surface area contributed by atoms with E-state index in [0.717, 1.165) is 36.4 Å². The molecule has 0 unspecified atom stereocenters. The van der Waals surface area contributed by atoms with Gasteiger partial charge in [0.1, 0.15) is 5.75 Å². The van der Waals surface area contributed by atoms with Crippen molar-refractivity contribution in [2.24, 2.45) is 0 Å². The fourth-order valence-corrected chi connectivity index (χ4v) is 2.26. The van der Waals surface area contributed by atoms with Crippen LogP contribution in [0.3, 0.4) is 0 Å². The van der Waals surface area contributed by atoms with Gasteiger partial charge in [-0.05, 0) is 50.5 Å². The van der Waals surface area contributed by atoms with Gasteiger partial charge in [0.15, 0.2) is 0 Å². The van der Waals surface area contributed by atoms with E-state index in [2.05, 4.69) is 5.32 Å². The molecule has 19 heavy (non-hydrogen) atoms. The monoisotopic (exact) mass is 262 g/mol. The van der Waals surface area contributed by atoms with Gasteiger partial charge in [-0.1, -0.05) is 0 Å². The van der Waals surface area contributed by atoms with Crippen LogP contribution in [-0.4, -0.2) is 37.0 Å². The molecule has 1 aromatic carbocycles. The number of aryl methyl sites for hydroxylation is 1. The lowest BCUT2D eigenvalue weighted by molar-refractivity contribution is -0.129. The third kappa shape index (κ3) is 3.40. The highest BCUT2D eigenvalue weighted by atomic mass is 16.5. The molecule has 1 aromatic rings. The number of methoxy groups -OCH3 is 1. The lowest BCUT2D eigenvalue weighted by Gasteiger charge is -2.21. The van der Waals surface area contributed by atoms with Gasteiger partial charge in [-0.25, -0.2) is 0 Å². The fraction of sp³-hybridized carbons (Fsp3) is 0.533. The Hall–Kier alpha value is -1.71. The maximum Gasteiger partial charge on any atom is 0.242 e. The highest BCUT2D eigenvalue weighted by molar-refractivity contribution is 5.81. The second-order valence-electron chi connectivity index (χ2n) is 4.95. The lowest BCUT2D eigenvalue weighted by atomic mass is 10.2. The minimum Gasteiger partial charge on any atom is -0.497 e. The molecule has 1 saturated carbocycles. The number of benzene rings is 1. The number of nitrogens with zero attached hydrogens (tertiary/aromatic N) is 1. The van der Waals surface area contributed by atoms with E-state index in [1.807, 2.05) is 36.9 Å². The SMILES string of the molecule is CCN(C(=O)CNc1ccc(OC)cc1C)C1CC1. The van der Waals surface area contributed by atoms with Gasteiger partial charge in [-0.15, -0.1) is 0 Å². The summed E-state index contributed by atoms with van der Waals surface area (Å²) in [7, 11) is 1.65. The molecule has 0 aliphatic heterocycles. The Kier molecular flexibility index (Phi) is 4.30. The van der Waals surface area contributed by atoms with Crippen LogP contribution in [0.2, 0.25) is 0 Å². The second kappa shape index (κ2) is 5.95. The number of carbonyl (C=O) groups excluding carboxylic acids is 1. The van der Waals surface area contributed by atoms with Crippen LogP contribution < -0.4 is 10.1 Å². The van der Waals surface area contributed by atoms with Crippen molar-refractivity contribution >= 4 is 11.6 Å². The molecule has 104 valence electrons. The zero-order chi connectivity index (χ0) is 13.8. The summed E-state index contributed by atoms with van der Waals surface area (Å²) in [5.74, 6) is 1.02. The first-order chi connectivity index (χ1) is 9.15. The zero-order valence-corrected chi connectivity index (χ0v) is 11.9. The Morgan fingerprint density at radius 3 is 2.74 bits per heavy atom. The van der Waals surface area contributed by atoms with Crippen LogP contribution in [0.5, 0.6) is 5.75 Å². The average molecular weight is 262 g/mol. The maximum absolute atomic E-state index is 12.1. The van der Waals surface area contributed by atoms with Crippen LogP contribution >= 0.6 is 0 Å². The van der Waals surface area contributed by atoms with Crippen molar-refractivity contribution < 1.29 is 9.53 Å².